The van der Waals surface area contributed by atoms with E-state index in [0.29, 0.717) is 12.3 Å². The second-order valence-electron chi connectivity index (χ2n) is 4.07. The zero-order valence-corrected chi connectivity index (χ0v) is 9.33. The first kappa shape index (κ1) is 12.0. The molecule has 0 amide bonds. The quantitative estimate of drug-likeness (QED) is 0.731. The molecule has 1 unspecified atom stereocenters. The van der Waals surface area contributed by atoms with Gasteiger partial charge < -0.3 is 0 Å². The van der Waals surface area contributed by atoms with E-state index in [2.05, 4.69) is 15.0 Å². The molecule has 0 bridgehead atoms. The maximum atomic E-state index is 12.0. The molecular formula is C11H12F3N3. The summed E-state index contributed by atoms with van der Waals surface area (Å²) in [6, 6.07) is 0. The fourth-order valence-corrected chi connectivity index (χ4v) is 1.70. The number of aliphatic imine (C=N–C) groups is 3. The van der Waals surface area contributed by atoms with Crippen molar-refractivity contribution in [1.82, 2.24) is 0 Å². The highest BCUT2D eigenvalue weighted by atomic mass is 19.4. The molecule has 1 atom stereocenters. The van der Waals surface area contributed by atoms with Crippen molar-refractivity contribution in [2.24, 2.45) is 15.0 Å². The van der Waals surface area contributed by atoms with E-state index in [1.165, 1.54) is 0 Å². The van der Waals surface area contributed by atoms with Crippen molar-refractivity contribution in [2.75, 3.05) is 0 Å². The minimum atomic E-state index is -4.10. The Morgan fingerprint density at radius 2 is 2.06 bits per heavy atom. The smallest absolute Gasteiger partial charge is 0.266 e. The molecule has 0 aromatic heterocycles. The lowest BCUT2D eigenvalue weighted by molar-refractivity contribution is -0.135. The highest BCUT2D eigenvalue weighted by Gasteiger charge is 2.27. The SMILES string of the molecule is CC1=C2C=NC(CCCC(F)(F)F)N=C2N=C1. The summed E-state index contributed by atoms with van der Waals surface area (Å²) in [5.74, 6) is 0.592. The molecule has 0 aromatic carbocycles. The summed E-state index contributed by atoms with van der Waals surface area (Å²) in [7, 11) is 0. The minimum Gasteiger partial charge on any atom is -0.266 e. The molecule has 3 nitrogen and oxygen atoms in total. The third kappa shape index (κ3) is 3.01. The average Bonchev–Trinajstić information content (AvgIpc) is 2.58. The normalized spacial score (nSPS) is 23.1. The Morgan fingerprint density at radius 1 is 1.29 bits per heavy atom. The topological polar surface area (TPSA) is 37.1 Å². The van der Waals surface area contributed by atoms with Gasteiger partial charge in [-0.25, -0.2) is 9.98 Å². The summed E-state index contributed by atoms with van der Waals surface area (Å²) in [5.41, 5.74) is 1.86. The third-order valence-electron chi connectivity index (χ3n) is 2.62. The monoisotopic (exact) mass is 243 g/mol. The van der Waals surface area contributed by atoms with Crippen LogP contribution in [0.5, 0.6) is 0 Å². The van der Waals surface area contributed by atoms with Gasteiger partial charge in [0.2, 0.25) is 0 Å². The van der Waals surface area contributed by atoms with E-state index < -0.39 is 18.8 Å². The Morgan fingerprint density at radius 3 is 2.76 bits per heavy atom. The molecule has 2 heterocycles. The molecular weight excluding hydrogens is 231 g/mol. The zero-order valence-electron chi connectivity index (χ0n) is 9.33. The first-order chi connectivity index (χ1) is 7.96. The van der Waals surface area contributed by atoms with Gasteiger partial charge in [-0.2, -0.15) is 13.2 Å². The molecule has 2 aliphatic heterocycles. The Bertz CT molecular complexity index is 430. The predicted octanol–water partition coefficient (Wildman–Crippen LogP) is 2.93. The fourth-order valence-electron chi connectivity index (χ4n) is 1.70. The van der Waals surface area contributed by atoms with Crippen LogP contribution in [0.1, 0.15) is 26.2 Å². The Balaban J connectivity index is 1.90. The van der Waals surface area contributed by atoms with Crippen molar-refractivity contribution in [3.8, 4) is 0 Å². The van der Waals surface area contributed by atoms with E-state index >= 15 is 0 Å². The van der Waals surface area contributed by atoms with E-state index in [4.69, 9.17) is 0 Å². The summed E-state index contributed by atoms with van der Waals surface area (Å²) < 4.78 is 35.9. The first-order valence-corrected chi connectivity index (χ1v) is 5.39. The van der Waals surface area contributed by atoms with Crippen LogP contribution in [0.3, 0.4) is 0 Å². The number of hydrogen-bond donors (Lipinski definition) is 0. The molecule has 0 aliphatic carbocycles. The lowest BCUT2D eigenvalue weighted by atomic mass is 10.1. The maximum absolute atomic E-state index is 12.0. The third-order valence-corrected chi connectivity index (χ3v) is 2.62. The minimum absolute atomic E-state index is 0.0457. The Labute approximate surface area is 96.9 Å². The second kappa shape index (κ2) is 4.43. The summed E-state index contributed by atoms with van der Waals surface area (Å²) in [6.07, 6.45) is -1.60. The van der Waals surface area contributed by atoms with Gasteiger partial charge in [0.15, 0.2) is 5.84 Å². The van der Waals surface area contributed by atoms with E-state index in [9.17, 15) is 13.2 Å². The van der Waals surface area contributed by atoms with Crippen LogP contribution in [0, 0.1) is 0 Å². The van der Waals surface area contributed by atoms with Crippen LogP contribution in [0.2, 0.25) is 0 Å². The molecule has 0 aromatic rings. The van der Waals surface area contributed by atoms with Gasteiger partial charge in [0.05, 0.1) is 0 Å². The van der Waals surface area contributed by atoms with Crippen LogP contribution >= 0.6 is 0 Å². The molecule has 0 N–H and O–H groups in total. The van der Waals surface area contributed by atoms with Gasteiger partial charge >= 0.3 is 6.18 Å². The molecule has 92 valence electrons. The Hall–Kier alpha value is -1.46. The molecule has 17 heavy (non-hydrogen) atoms. The van der Waals surface area contributed by atoms with E-state index in [1.807, 2.05) is 6.92 Å². The van der Waals surface area contributed by atoms with Crippen LogP contribution in [0.15, 0.2) is 26.1 Å². The van der Waals surface area contributed by atoms with E-state index in [-0.39, 0.29) is 6.42 Å². The Kier molecular flexibility index (Phi) is 3.13. The highest BCUT2D eigenvalue weighted by molar-refractivity contribution is 6.25. The molecule has 0 spiro atoms. The van der Waals surface area contributed by atoms with Crippen molar-refractivity contribution in [1.29, 1.82) is 0 Å². The summed E-state index contributed by atoms with van der Waals surface area (Å²) in [6.45, 7) is 1.90. The molecule has 0 saturated carbocycles. The van der Waals surface area contributed by atoms with Crippen molar-refractivity contribution in [3.63, 3.8) is 0 Å². The standard InChI is InChI=1S/C11H12F3N3/c1-7-5-16-10-8(7)6-15-9(17-10)3-2-4-11(12,13)14/h5-6,9H,2-4H2,1H3. The number of fused-ring (bicyclic) bond motifs is 1. The molecule has 0 fully saturated rings. The molecule has 2 aliphatic rings. The van der Waals surface area contributed by atoms with Crippen LogP contribution in [0.25, 0.3) is 0 Å². The summed E-state index contributed by atoms with van der Waals surface area (Å²) in [4.78, 5) is 12.4. The van der Waals surface area contributed by atoms with Gasteiger partial charge in [-0.1, -0.05) is 0 Å². The summed E-state index contributed by atoms with van der Waals surface area (Å²) in [5, 5.41) is 0. The number of amidine groups is 1. The van der Waals surface area contributed by atoms with Crippen molar-refractivity contribution in [2.45, 2.75) is 38.5 Å². The van der Waals surface area contributed by atoms with Gasteiger partial charge in [0.1, 0.15) is 6.17 Å². The van der Waals surface area contributed by atoms with Crippen LogP contribution in [0.4, 0.5) is 13.2 Å². The molecule has 2 rings (SSSR count). The van der Waals surface area contributed by atoms with E-state index in [0.717, 1.165) is 11.1 Å². The van der Waals surface area contributed by atoms with Crippen LogP contribution in [-0.4, -0.2) is 30.6 Å². The van der Waals surface area contributed by atoms with Gasteiger partial charge in [0, 0.05) is 24.4 Å². The number of allylic oxidation sites excluding steroid dienone is 1. The predicted molar refractivity (Wildman–Crippen MR) is 60.8 cm³/mol. The van der Waals surface area contributed by atoms with Gasteiger partial charge in [-0.15, -0.1) is 0 Å². The zero-order chi connectivity index (χ0) is 12.5. The first-order valence-electron chi connectivity index (χ1n) is 5.39. The number of alkyl halides is 3. The number of hydrogen-bond acceptors (Lipinski definition) is 3. The van der Waals surface area contributed by atoms with Gasteiger partial charge in [-0.3, -0.25) is 4.99 Å². The van der Waals surface area contributed by atoms with Gasteiger partial charge in [-0.05, 0) is 25.3 Å². The fraction of sp³-hybridized carbons (Fsp3) is 0.545. The molecule has 6 heteroatoms. The van der Waals surface area contributed by atoms with Crippen LogP contribution < -0.4 is 0 Å². The molecule has 0 radical (unpaired) electrons. The molecule has 0 saturated heterocycles. The van der Waals surface area contributed by atoms with Crippen molar-refractivity contribution in [3.05, 3.63) is 11.1 Å². The highest BCUT2D eigenvalue weighted by Crippen LogP contribution is 2.24. The summed E-state index contributed by atoms with van der Waals surface area (Å²) >= 11 is 0. The lowest BCUT2D eigenvalue weighted by Gasteiger charge is -2.13. The largest absolute Gasteiger partial charge is 0.389 e. The van der Waals surface area contributed by atoms with Gasteiger partial charge in [0.25, 0.3) is 0 Å². The number of nitrogens with zero attached hydrogens (tertiary/aromatic N) is 3. The number of halogens is 3. The number of rotatable bonds is 3. The average molecular weight is 243 g/mol. The lowest BCUT2D eigenvalue weighted by Crippen LogP contribution is -2.15. The van der Waals surface area contributed by atoms with Crippen molar-refractivity contribution < 1.29 is 13.2 Å². The maximum Gasteiger partial charge on any atom is 0.389 e. The van der Waals surface area contributed by atoms with Crippen molar-refractivity contribution >= 4 is 18.3 Å². The van der Waals surface area contributed by atoms with Crippen LogP contribution in [-0.2, 0) is 0 Å². The van der Waals surface area contributed by atoms with E-state index in [1.54, 1.807) is 12.4 Å². The second-order valence-corrected chi connectivity index (χ2v) is 4.07.